The lowest BCUT2D eigenvalue weighted by Crippen LogP contribution is -2.40. The van der Waals surface area contributed by atoms with Crippen LogP contribution in [-0.2, 0) is 29.6 Å². The minimum absolute atomic E-state index is 0.0503. The predicted molar refractivity (Wildman–Crippen MR) is 116 cm³/mol. The number of anilines is 1. The molecule has 0 unspecified atom stereocenters. The first-order chi connectivity index (χ1) is 14.7. The van der Waals surface area contributed by atoms with E-state index in [4.69, 9.17) is 16.3 Å². The van der Waals surface area contributed by atoms with E-state index in [2.05, 4.69) is 10.0 Å². The summed E-state index contributed by atoms with van der Waals surface area (Å²) in [5.74, 6) is -0.414. The maximum atomic E-state index is 12.6. The molecule has 1 heterocycles. The summed E-state index contributed by atoms with van der Waals surface area (Å²) < 4.78 is 58.5. The zero-order valence-electron chi connectivity index (χ0n) is 16.5. The molecule has 0 atom stereocenters. The molecule has 2 aromatic carbocycles. The van der Waals surface area contributed by atoms with Crippen molar-refractivity contribution < 1.29 is 26.4 Å². The Kier molecular flexibility index (Phi) is 7.68. The molecule has 2 N–H and O–H groups in total. The Balaban J connectivity index is 1.52. The molecule has 31 heavy (non-hydrogen) atoms. The highest BCUT2D eigenvalue weighted by atomic mass is 35.5. The van der Waals surface area contributed by atoms with E-state index >= 15 is 0 Å². The molecule has 0 aromatic heterocycles. The highest BCUT2D eigenvalue weighted by Crippen LogP contribution is 2.19. The van der Waals surface area contributed by atoms with Gasteiger partial charge in [-0.15, -0.1) is 0 Å². The largest absolute Gasteiger partial charge is 0.379 e. The summed E-state index contributed by atoms with van der Waals surface area (Å²) in [5, 5.41) is 3.03. The van der Waals surface area contributed by atoms with E-state index in [1.54, 1.807) is 0 Å². The number of hydrogen-bond acceptors (Lipinski definition) is 6. The maximum Gasteiger partial charge on any atom is 0.243 e. The molecular formula is C19H22ClN3O6S2. The van der Waals surface area contributed by atoms with Gasteiger partial charge in [-0.25, -0.2) is 21.6 Å². The van der Waals surface area contributed by atoms with Gasteiger partial charge in [-0.1, -0.05) is 11.6 Å². The Morgan fingerprint density at radius 1 is 0.935 bits per heavy atom. The summed E-state index contributed by atoms with van der Waals surface area (Å²) in [7, 11) is -7.36. The molecule has 1 fully saturated rings. The number of nitrogens with one attached hydrogen (secondary N) is 2. The lowest BCUT2D eigenvalue weighted by molar-refractivity contribution is -0.116. The number of carbonyl (C=O) groups is 1. The molecule has 2 aromatic rings. The highest BCUT2D eigenvalue weighted by molar-refractivity contribution is 7.89. The van der Waals surface area contributed by atoms with Crippen LogP contribution in [0, 0.1) is 0 Å². The average Bonchev–Trinajstić information content (AvgIpc) is 2.75. The number of ether oxygens (including phenoxy) is 1. The van der Waals surface area contributed by atoms with Gasteiger partial charge in [-0.3, -0.25) is 4.79 Å². The van der Waals surface area contributed by atoms with Crippen molar-refractivity contribution in [2.24, 2.45) is 0 Å². The number of rotatable bonds is 8. The molecule has 0 aliphatic carbocycles. The standard InChI is InChI=1S/C19H22ClN3O6S2/c20-15-1-5-17(6-2-15)30(25,26)21-10-9-19(24)22-16-3-7-18(8-4-16)31(27,28)23-11-13-29-14-12-23/h1-8,21H,9-14H2,(H,22,24). The lowest BCUT2D eigenvalue weighted by atomic mass is 10.3. The number of halogens is 1. The van der Waals surface area contributed by atoms with E-state index in [-0.39, 0.29) is 22.8 Å². The van der Waals surface area contributed by atoms with Gasteiger partial charge in [0.1, 0.15) is 0 Å². The summed E-state index contributed by atoms with van der Waals surface area (Å²) in [5.41, 5.74) is 0.409. The zero-order valence-corrected chi connectivity index (χ0v) is 18.8. The van der Waals surface area contributed by atoms with Crippen LogP contribution in [0.15, 0.2) is 58.3 Å². The first-order valence-electron chi connectivity index (χ1n) is 9.41. The van der Waals surface area contributed by atoms with E-state index in [0.717, 1.165) is 0 Å². The van der Waals surface area contributed by atoms with Crippen LogP contribution in [-0.4, -0.2) is 59.9 Å². The number of amides is 1. The van der Waals surface area contributed by atoms with Gasteiger partial charge in [0, 0.05) is 36.8 Å². The van der Waals surface area contributed by atoms with Crippen molar-refractivity contribution in [1.82, 2.24) is 9.03 Å². The quantitative estimate of drug-likeness (QED) is 0.584. The number of morpholine rings is 1. The predicted octanol–water partition coefficient (Wildman–Crippen LogP) is 1.67. The molecule has 9 nitrogen and oxygen atoms in total. The minimum Gasteiger partial charge on any atom is -0.379 e. The second-order valence-electron chi connectivity index (χ2n) is 6.69. The van der Waals surface area contributed by atoms with E-state index in [0.29, 0.717) is 37.0 Å². The Morgan fingerprint density at radius 3 is 2.13 bits per heavy atom. The summed E-state index contributed by atoms with van der Waals surface area (Å²) in [6, 6.07) is 11.5. The van der Waals surface area contributed by atoms with Crippen LogP contribution in [0.2, 0.25) is 5.02 Å². The average molecular weight is 488 g/mol. The Labute approximate surface area is 186 Å². The van der Waals surface area contributed by atoms with Crippen molar-refractivity contribution in [2.45, 2.75) is 16.2 Å². The van der Waals surface area contributed by atoms with Gasteiger partial charge < -0.3 is 10.1 Å². The Hall–Kier alpha value is -2.02. The molecule has 1 aliphatic heterocycles. The van der Waals surface area contributed by atoms with E-state index in [1.165, 1.54) is 52.8 Å². The van der Waals surface area contributed by atoms with Crippen LogP contribution in [0.25, 0.3) is 0 Å². The van der Waals surface area contributed by atoms with Crippen LogP contribution in [0.5, 0.6) is 0 Å². The number of hydrogen-bond donors (Lipinski definition) is 2. The normalized spacial score (nSPS) is 15.5. The second-order valence-corrected chi connectivity index (χ2v) is 10.8. The number of sulfonamides is 2. The third-order valence-electron chi connectivity index (χ3n) is 4.51. The minimum atomic E-state index is -3.75. The van der Waals surface area contributed by atoms with Gasteiger partial charge in [0.25, 0.3) is 0 Å². The SMILES string of the molecule is O=C(CCNS(=O)(=O)c1ccc(Cl)cc1)Nc1ccc(S(=O)(=O)N2CCOCC2)cc1. The van der Waals surface area contributed by atoms with Crippen molar-refractivity contribution in [1.29, 1.82) is 0 Å². The van der Waals surface area contributed by atoms with Crippen molar-refractivity contribution in [3.63, 3.8) is 0 Å². The number of nitrogens with zero attached hydrogens (tertiary/aromatic N) is 1. The van der Waals surface area contributed by atoms with Gasteiger partial charge in [-0.2, -0.15) is 4.31 Å². The van der Waals surface area contributed by atoms with E-state index < -0.39 is 26.0 Å². The molecule has 0 bridgehead atoms. The van der Waals surface area contributed by atoms with Crippen molar-refractivity contribution >= 4 is 43.2 Å². The molecule has 0 saturated carbocycles. The van der Waals surface area contributed by atoms with Crippen LogP contribution >= 0.6 is 11.6 Å². The van der Waals surface area contributed by atoms with Gasteiger partial charge in [0.15, 0.2) is 0 Å². The topological polar surface area (TPSA) is 122 Å². The molecule has 12 heteroatoms. The van der Waals surface area contributed by atoms with Gasteiger partial charge in [-0.05, 0) is 48.5 Å². The summed E-state index contributed by atoms with van der Waals surface area (Å²) in [6.45, 7) is 1.21. The smallest absolute Gasteiger partial charge is 0.243 e. The van der Waals surface area contributed by atoms with Crippen LogP contribution < -0.4 is 10.0 Å². The molecule has 3 rings (SSSR count). The van der Waals surface area contributed by atoms with Crippen molar-refractivity contribution in [3.05, 3.63) is 53.6 Å². The molecule has 0 spiro atoms. The van der Waals surface area contributed by atoms with Crippen LogP contribution in [0.3, 0.4) is 0 Å². The molecule has 1 saturated heterocycles. The molecule has 0 radical (unpaired) electrons. The third kappa shape index (κ3) is 6.25. The molecule has 1 amide bonds. The monoisotopic (exact) mass is 487 g/mol. The van der Waals surface area contributed by atoms with Crippen molar-refractivity contribution in [3.8, 4) is 0 Å². The molecule has 1 aliphatic rings. The molecular weight excluding hydrogens is 466 g/mol. The van der Waals surface area contributed by atoms with Gasteiger partial charge in [0.2, 0.25) is 26.0 Å². The first-order valence-corrected chi connectivity index (χ1v) is 12.7. The number of benzene rings is 2. The van der Waals surface area contributed by atoms with E-state index in [9.17, 15) is 21.6 Å². The Morgan fingerprint density at radius 2 is 1.52 bits per heavy atom. The highest BCUT2D eigenvalue weighted by Gasteiger charge is 2.26. The van der Waals surface area contributed by atoms with Crippen LogP contribution in [0.1, 0.15) is 6.42 Å². The van der Waals surface area contributed by atoms with Gasteiger partial charge in [0.05, 0.1) is 23.0 Å². The number of carbonyl (C=O) groups excluding carboxylic acids is 1. The molecule has 168 valence electrons. The third-order valence-corrected chi connectivity index (χ3v) is 8.16. The maximum absolute atomic E-state index is 12.6. The summed E-state index contributed by atoms with van der Waals surface area (Å²) in [4.78, 5) is 12.3. The second kappa shape index (κ2) is 10.1. The fraction of sp³-hybridized carbons (Fsp3) is 0.316. The van der Waals surface area contributed by atoms with Gasteiger partial charge >= 0.3 is 0 Å². The van der Waals surface area contributed by atoms with E-state index in [1.807, 2.05) is 0 Å². The fourth-order valence-corrected chi connectivity index (χ4v) is 5.43. The lowest BCUT2D eigenvalue weighted by Gasteiger charge is -2.26. The van der Waals surface area contributed by atoms with Crippen LogP contribution in [0.4, 0.5) is 5.69 Å². The summed E-state index contributed by atoms with van der Waals surface area (Å²) in [6.07, 6.45) is -0.0966. The fourth-order valence-electron chi connectivity index (χ4n) is 2.87. The van der Waals surface area contributed by atoms with Crippen molar-refractivity contribution in [2.75, 3.05) is 38.2 Å². The zero-order chi connectivity index (χ0) is 22.5. The Bertz CT molecular complexity index is 1110. The summed E-state index contributed by atoms with van der Waals surface area (Å²) >= 11 is 5.75. The first kappa shape index (κ1) is 23.6.